The Morgan fingerprint density at radius 3 is 2.45 bits per heavy atom. The van der Waals surface area contributed by atoms with Crippen molar-refractivity contribution in [3.05, 3.63) is 95.7 Å². The lowest BCUT2D eigenvalue weighted by Crippen LogP contribution is -2.13. The van der Waals surface area contributed by atoms with Crippen molar-refractivity contribution in [1.82, 2.24) is 4.98 Å². The molecule has 0 atom stereocenters. The Labute approximate surface area is 180 Å². The molecule has 154 valence electrons. The molecule has 5 nitrogen and oxygen atoms in total. The van der Waals surface area contributed by atoms with E-state index < -0.39 is 5.97 Å². The van der Waals surface area contributed by atoms with E-state index in [2.05, 4.69) is 10.3 Å². The van der Waals surface area contributed by atoms with Crippen molar-refractivity contribution < 1.29 is 14.3 Å². The van der Waals surface area contributed by atoms with Gasteiger partial charge in [0.15, 0.2) is 0 Å². The third-order valence-corrected chi connectivity index (χ3v) is 5.06. The zero-order chi connectivity index (χ0) is 21.8. The van der Waals surface area contributed by atoms with Crippen LogP contribution in [0.25, 0.3) is 22.0 Å². The number of amides is 1. The van der Waals surface area contributed by atoms with E-state index in [9.17, 15) is 9.59 Å². The molecule has 0 bridgehead atoms. The summed E-state index contributed by atoms with van der Waals surface area (Å²) in [5.74, 6) is -0.594. The van der Waals surface area contributed by atoms with E-state index in [0.717, 1.165) is 22.1 Å². The first-order valence-corrected chi connectivity index (χ1v) is 10.1. The molecule has 1 heterocycles. The number of esters is 1. The van der Waals surface area contributed by atoms with Crippen LogP contribution in [0.1, 0.15) is 33.2 Å². The number of ether oxygens (including phenoxy) is 1. The Bertz CT molecular complexity index is 1280. The van der Waals surface area contributed by atoms with E-state index in [-0.39, 0.29) is 5.91 Å². The molecule has 31 heavy (non-hydrogen) atoms. The predicted octanol–water partition coefficient (Wildman–Crippen LogP) is 5.64. The minimum atomic E-state index is -0.401. The van der Waals surface area contributed by atoms with Gasteiger partial charge in [0.25, 0.3) is 5.91 Å². The average Bonchev–Trinajstić information content (AvgIpc) is 2.79. The summed E-state index contributed by atoms with van der Waals surface area (Å²) in [6, 6.07) is 22.7. The van der Waals surface area contributed by atoms with Gasteiger partial charge in [-0.2, -0.15) is 0 Å². The van der Waals surface area contributed by atoms with Gasteiger partial charge in [0, 0.05) is 22.8 Å². The maximum Gasteiger partial charge on any atom is 0.339 e. The van der Waals surface area contributed by atoms with E-state index in [1.54, 1.807) is 25.1 Å². The Kier molecular flexibility index (Phi) is 5.76. The molecule has 0 fully saturated rings. The van der Waals surface area contributed by atoms with E-state index in [1.165, 1.54) is 6.20 Å². The van der Waals surface area contributed by atoms with Gasteiger partial charge in [-0.25, -0.2) is 4.79 Å². The van der Waals surface area contributed by atoms with Gasteiger partial charge in [0.2, 0.25) is 0 Å². The molecule has 0 saturated carbocycles. The van der Waals surface area contributed by atoms with Crippen molar-refractivity contribution in [1.29, 1.82) is 0 Å². The highest BCUT2D eigenvalue weighted by Crippen LogP contribution is 2.28. The molecule has 4 rings (SSSR count). The maximum atomic E-state index is 13.1. The van der Waals surface area contributed by atoms with E-state index >= 15 is 0 Å². The van der Waals surface area contributed by atoms with E-state index in [0.29, 0.717) is 28.9 Å². The molecule has 0 unspecified atom stereocenters. The van der Waals surface area contributed by atoms with Gasteiger partial charge in [0.05, 0.1) is 17.7 Å². The normalized spacial score (nSPS) is 10.6. The van der Waals surface area contributed by atoms with Crippen LogP contribution >= 0.6 is 0 Å². The first-order chi connectivity index (χ1) is 15.1. The topological polar surface area (TPSA) is 68.3 Å². The second-order valence-electron chi connectivity index (χ2n) is 7.17. The maximum absolute atomic E-state index is 13.1. The SMILES string of the molecule is CCOC(=O)c1cnc2cc(NC(=O)c3ccccc3-c3ccccc3C)ccc2c1. The monoisotopic (exact) mass is 410 g/mol. The third kappa shape index (κ3) is 4.31. The van der Waals surface area contributed by atoms with Crippen LogP contribution in [0.4, 0.5) is 5.69 Å². The molecule has 1 aromatic heterocycles. The molecular formula is C26H22N2O3. The molecule has 0 radical (unpaired) electrons. The first-order valence-electron chi connectivity index (χ1n) is 10.1. The lowest BCUT2D eigenvalue weighted by molar-refractivity contribution is 0.0526. The highest BCUT2D eigenvalue weighted by atomic mass is 16.5. The van der Waals surface area contributed by atoms with Gasteiger partial charge in [-0.3, -0.25) is 9.78 Å². The average molecular weight is 410 g/mol. The van der Waals surface area contributed by atoms with Crippen molar-refractivity contribution in [3.63, 3.8) is 0 Å². The van der Waals surface area contributed by atoms with E-state index in [4.69, 9.17) is 4.74 Å². The molecule has 0 spiro atoms. The second-order valence-corrected chi connectivity index (χ2v) is 7.17. The number of rotatable bonds is 5. The molecule has 1 N–H and O–H groups in total. The number of carbonyl (C=O) groups is 2. The van der Waals surface area contributed by atoms with Crippen LogP contribution < -0.4 is 5.32 Å². The molecular weight excluding hydrogens is 388 g/mol. The van der Waals surface area contributed by atoms with Crippen molar-refractivity contribution in [2.45, 2.75) is 13.8 Å². The lowest BCUT2D eigenvalue weighted by atomic mass is 9.95. The van der Waals surface area contributed by atoms with Gasteiger partial charge in [0.1, 0.15) is 0 Å². The number of benzene rings is 3. The van der Waals surface area contributed by atoms with Gasteiger partial charge in [-0.15, -0.1) is 0 Å². The molecule has 0 aliphatic rings. The van der Waals surface area contributed by atoms with Crippen LogP contribution in [0.5, 0.6) is 0 Å². The quantitative estimate of drug-likeness (QED) is 0.432. The molecule has 0 saturated heterocycles. The fourth-order valence-electron chi connectivity index (χ4n) is 3.51. The number of nitrogens with zero attached hydrogens (tertiary/aromatic N) is 1. The van der Waals surface area contributed by atoms with Crippen LogP contribution in [0.2, 0.25) is 0 Å². The Balaban J connectivity index is 1.61. The summed E-state index contributed by atoms with van der Waals surface area (Å²) in [6.45, 7) is 4.11. The van der Waals surface area contributed by atoms with Gasteiger partial charge in [-0.1, -0.05) is 48.5 Å². The number of aryl methyl sites for hydroxylation is 1. The highest BCUT2D eigenvalue weighted by molar-refractivity contribution is 6.09. The Morgan fingerprint density at radius 2 is 1.68 bits per heavy atom. The van der Waals surface area contributed by atoms with Gasteiger partial charge in [-0.05, 0) is 54.8 Å². The third-order valence-electron chi connectivity index (χ3n) is 5.06. The van der Waals surface area contributed by atoms with Crippen molar-refractivity contribution in [2.24, 2.45) is 0 Å². The van der Waals surface area contributed by atoms with Gasteiger partial charge < -0.3 is 10.1 Å². The minimum Gasteiger partial charge on any atom is -0.462 e. The number of hydrogen-bond donors (Lipinski definition) is 1. The summed E-state index contributed by atoms with van der Waals surface area (Å²) in [5.41, 5.74) is 5.33. The Morgan fingerprint density at radius 1 is 0.935 bits per heavy atom. The molecule has 0 aliphatic heterocycles. The number of aromatic nitrogens is 1. The fourth-order valence-corrected chi connectivity index (χ4v) is 3.51. The molecule has 1 amide bonds. The molecule has 5 heteroatoms. The van der Waals surface area contributed by atoms with Crippen LogP contribution in [0, 0.1) is 6.92 Å². The summed E-state index contributed by atoms with van der Waals surface area (Å²) in [6.07, 6.45) is 1.49. The zero-order valence-corrected chi connectivity index (χ0v) is 17.4. The number of carbonyl (C=O) groups excluding carboxylic acids is 2. The minimum absolute atomic E-state index is 0.193. The van der Waals surface area contributed by atoms with Crippen LogP contribution in [0.3, 0.4) is 0 Å². The smallest absolute Gasteiger partial charge is 0.339 e. The zero-order valence-electron chi connectivity index (χ0n) is 17.4. The second kappa shape index (κ2) is 8.79. The summed E-state index contributed by atoms with van der Waals surface area (Å²) in [7, 11) is 0. The number of fused-ring (bicyclic) bond motifs is 1. The first kappa shape index (κ1) is 20.3. The summed E-state index contributed by atoms with van der Waals surface area (Å²) in [4.78, 5) is 29.3. The van der Waals surface area contributed by atoms with Crippen molar-refractivity contribution in [3.8, 4) is 11.1 Å². The number of nitrogens with one attached hydrogen (secondary N) is 1. The molecule has 4 aromatic rings. The molecule has 3 aromatic carbocycles. The van der Waals surface area contributed by atoms with Crippen LogP contribution in [-0.4, -0.2) is 23.5 Å². The molecule has 0 aliphatic carbocycles. The largest absolute Gasteiger partial charge is 0.462 e. The van der Waals surface area contributed by atoms with Crippen LogP contribution in [0.15, 0.2) is 79.0 Å². The standard InChI is InChI=1S/C26H22N2O3/c1-3-31-26(30)19-14-18-12-13-20(15-24(18)27-16-19)28-25(29)23-11-7-6-10-22(23)21-9-5-4-8-17(21)2/h4-16H,3H2,1-2H3,(H,28,29). The number of pyridine rings is 1. The summed E-state index contributed by atoms with van der Waals surface area (Å²) in [5, 5.41) is 3.76. The van der Waals surface area contributed by atoms with E-state index in [1.807, 2.05) is 61.5 Å². The lowest BCUT2D eigenvalue weighted by Gasteiger charge is -2.13. The van der Waals surface area contributed by atoms with Crippen molar-refractivity contribution >= 4 is 28.5 Å². The number of hydrogen-bond acceptors (Lipinski definition) is 4. The summed E-state index contributed by atoms with van der Waals surface area (Å²) < 4.78 is 5.02. The summed E-state index contributed by atoms with van der Waals surface area (Å²) >= 11 is 0. The van der Waals surface area contributed by atoms with Crippen LogP contribution in [-0.2, 0) is 4.74 Å². The Hall–Kier alpha value is -3.99. The van der Waals surface area contributed by atoms with Gasteiger partial charge >= 0.3 is 5.97 Å². The predicted molar refractivity (Wildman–Crippen MR) is 122 cm³/mol. The fraction of sp³-hybridized carbons (Fsp3) is 0.115. The van der Waals surface area contributed by atoms with Crippen molar-refractivity contribution in [2.75, 3.05) is 11.9 Å². The highest BCUT2D eigenvalue weighted by Gasteiger charge is 2.14. The number of anilines is 1.